The first-order valence-corrected chi connectivity index (χ1v) is 17.5. The Hall–Kier alpha value is -5.45. The van der Waals surface area contributed by atoms with Gasteiger partial charge in [-0.2, -0.15) is 8.42 Å². The fourth-order valence-corrected chi connectivity index (χ4v) is 8.33. The van der Waals surface area contributed by atoms with Gasteiger partial charge in [-0.3, -0.25) is 4.55 Å². The summed E-state index contributed by atoms with van der Waals surface area (Å²) in [5, 5.41) is 28.6. The van der Waals surface area contributed by atoms with E-state index in [4.69, 9.17) is 0 Å². The molecule has 5 N–H and O–H groups in total. The normalized spacial score (nSPS) is 13.7. The first kappa shape index (κ1) is 34.4. The Bertz CT molecular complexity index is 2180. The Balaban J connectivity index is 1.73. The SMILES string of the molecule is Cc1cccc(C)c1Nc1ccc2c(c1C(=O)O)C(C)(C)c1c(ccc(Nc3c(C)cccc3C)c1C(=O)O)C2c1ccccc1S(=O)(=O)O. The van der Waals surface area contributed by atoms with E-state index in [1.54, 1.807) is 50.2 Å². The Labute approximate surface area is 291 Å². The van der Waals surface area contributed by atoms with Gasteiger partial charge in [0.15, 0.2) is 0 Å². The highest BCUT2D eigenvalue weighted by Gasteiger charge is 2.45. The molecule has 0 unspecified atom stereocenters. The smallest absolute Gasteiger partial charge is 0.338 e. The minimum atomic E-state index is -4.74. The van der Waals surface area contributed by atoms with Gasteiger partial charge in [-0.1, -0.05) is 80.6 Å². The molecule has 0 fully saturated rings. The number of aryl methyl sites for hydroxylation is 4. The van der Waals surface area contributed by atoms with Gasteiger partial charge < -0.3 is 20.8 Å². The summed E-state index contributed by atoms with van der Waals surface area (Å²) < 4.78 is 35.9. The molecule has 256 valence electrons. The molecule has 0 aliphatic heterocycles. The molecule has 5 aromatic rings. The second kappa shape index (κ2) is 12.5. The maximum absolute atomic E-state index is 13.4. The number of rotatable bonds is 8. The lowest BCUT2D eigenvalue weighted by atomic mass is 9.61. The molecule has 6 rings (SSSR count). The van der Waals surface area contributed by atoms with Crippen LogP contribution in [0.5, 0.6) is 0 Å². The second-order valence-corrected chi connectivity index (χ2v) is 14.8. The highest BCUT2D eigenvalue weighted by Crippen LogP contribution is 2.54. The molecule has 0 radical (unpaired) electrons. The van der Waals surface area contributed by atoms with Crippen molar-refractivity contribution < 1.29 is 32.8 Å². The molecule has 0 amide bonds. The first-order valence-electron chi connectivity index (χ1n) is 16.1. The lowest BCUT2D eigenvalue weighted by Gasteiger charge is -2.42. The number of fused-ring (bicyclic) bond motifs is 2. The van der Waals surface area contributed by atoms with Gasteiger partial charge in [0.25, 0.3) is 10.1 Å². The molecule has 0 bridgehead atoms. The molecule has 50 heavy (non-hydrogen) atoms. The predicted octanol–water partition coefficient (Wildman–Crippen LogP) is 8.87. The molecule has 0 aromatic heterocycles. The number of aromatic carboxylic acids is 2. The molecular formula is C40H38N2O7S. The molecule has 0 heterocycles. The molecule has 0 saturated heterocycles. The lowest BCUT2D eigenvalue weighted by molar-refractivity contribution is 0.0687. The van der Waals surface area contributed by atoms with E-state index in [0.29, 0.717) is 33.6 Å². The molecule has 1 aliphatic rings. The number of anilines is 4. The van der Waals surface area contributed by atoms with Crippen molar-refractivity contribution in [2.45, 2.75) is 57.8 Å². The fraction of sp³-hybridized carbons (Fsp3) is 0.200. The van der Waals surface area contributed by atoms with Crippen LogP contribution in [-0.4, -0.2) is 35.1 Å². The van der Waals surface area contributed by atoms with Gasteiger partial charge in [0.2, 0.25) is 0 Å². The number of hydrogen-bond acceptors (Lipinski definition) is 6. The van der Waals surface area contributed by atoms with Crippen LogP contribution in [0.3, 0.4) is 0 Å². The highest BCUT2D eigenvalue weighted by atomic mass is 32.2. The largest absolute Gasteiger partial charge is 0.478 e. The number of hydrogen-bond donors (Lipinski definition) is 5. The summed E-state index contributed by atoms with van der Waals surface area (Å²) in [5.41, 5.74) is 6.12. The van der Waals surface area contributed by atoms with Crippen molar-refractivity contribution in [2.75, 3.05) is 10.6 Å². The summed E-state index contributed by atoms with van der Waals surface area (Å²) in [6, 6.07) is 24.3. The van der Waals surface area contributed by atoms with Crippen LogP contribution in [0.2, 0.25) is 0 Å². The summed E-state index contributed by atoms with van der Waals surface area (Å²) in [7, 11) is -4.74. The summed E-state index contributed by atoms with van der Waals surface area (Å²) in [6.07, 6.45) is 0. The number of carboxylic acids is 2. The zero-order chi connectivity index (χ0) is 36.3. The Morgan fingerprint density at radius 1 is 0.600 bits per heavy atom. The number of carbonyl (C=O) groups is 2. The van der Waals surface area contributed by atoms with E-state index in [9.17, 15) is 32.8 Å². The zero-order valence-electron chi connectivity index (χ0n) is 28.5. The molecular weight excluding hydrogens is 653 g/mol. The Morgan fingerprint density at radius 2 is 1.00 bits per heavy atom. The third kappa shape index (κ3) is 5.70. The molecule has 1 aliphatic carbocycles. The van der Waals surface area contributed by atoms with Gasteiger partial charge >= 0.3 is 11.9 Å². The van der Waals surface area contributed by atoms with Crippen molar-refractivity contribution >= 4 is 44.8 Å². The topological polar surface area (TPSA) is 153 Å². The average Bonchev–Trinajstić information content (AvgIpc) is 3.04. The highest BCUT2D eigenvalue weighted by molar-refractivity contribution is 7.85. The van der Waals surface area contributed by atoms with E-state index in [-0.39, 0.29) is 21.6 Å². The third-order valence-corrected chi connectivity index (χ3v) is 10.7. The van der Waals surface area contributed by atoms with Crippen molar-refractivity contribution in [3.8, 4) is 0 Å². The minimum Gasteiger partial charge on any atom is -0.478 e. The maximum Gasteiger partial charge on any atom is 0.338 e. The number of carboxylic acid groups (broad SMARTS) is 2. The van der Waals surface area contributed by atoms with Gasteiger partial charge in [0.1, 0.15) is 0 Å². The van der Waals surface area contributed by atoms with Crippen LogP contribution in [0.25, 0.3) is 0 Å². The summed E-state index contributed by atoms with van der Waals surface area (Å²) in [5.74, 6) is -3.43. The molecule has 5 aromatic carbocycles. The van der Waals surface area contributed by atoms with Crippen molar-refractivity contribution in [3.63, 3.8) is 0 Å². The Morgan fingerprint density at radius 3 is 1.38 bits per heavy atom. The van der Waals surface area contributed by atoms with Gasteiger partial charge in [0.05, 0.1) is 27.4 Å². The van der Waals surface area contributed by atoms with Crippen molar-refractivity contribution in [1.29, 1.82) is 0 Å². The number of benzene rings is 5. The zero-order valence-corrected chi connectivity index (χ0v) is 29.4. The van der Waals surface area contributed by atoms with Crippen LogP contribution in [0, 0.1) is 27.7 Å². The molecule has 0 saturated carbocycles. The van der Waals surface area contributed by atoms with E-state index < -0.39 is 33.4 Å². The summed E-state index contributed by atoms with van der Waals surface area (Å²) >= 11 is 0. The third-order valence-electron chi connectivity index (χ3n) is 9.76. The van der Waals surface area contributed by atoms with E-state index in [1.807, 2.05) is 64.1 Å². The van der Waals surface area contributed by atoms with E-state index in [0.717, 1.165) is 33.6 Å². The van der Waals surface area contributed by atoms with E-state index in [1.165, 1.54) is 12.1 Å². The van der Waals surface area contributed by atoms with Crippen LogP contribution < -0.4 is 10.6 Å². The first-order chi connectivity index (χ1) is 23.5. The van der Waals surface area contributed by atoms with E-state index in [2.05, 4.69) is 10.6 Å². The fourth-order valence-electron chi connectivity index (χ4n) is 7.59. The van der Waals surface area contributed by atoms with Crippen LogP contribution in [-0.2, 0) is 15.5 Å². The van der Waals surface area contributed by atoms with Crippen LogP contribution in [0.15, 0.2) is 89.8 Å². The molecule has 10 heteroatoms. The molecule has 9 nitrogen and oxygen atoms in total. The lowest BCUT2D eigenvalue weighted by Crippen LogP contribution is -2.35. The van der Waals surface area contributed by atoms with Crippen LogP contribution in [0.4, 0.5) is 22.7 Å². The Kier molecular flexibility index (Phi) is 8.58. The minimum absolute atomic E-state index is 0.0698. The van der Waals surface area contributed by atoms with Crippen molar-refractivity contribution in [1.82, 2.24) is 0 Å². The predicted molar refractivity (Wildman–Crippen MR) is 195 cm³/mol. The van der Waals surface area contributed by atoms with Gasteiger partial charge in [-0.25, -0.2) is 9.59 Å². The van der Waals surface area contributed by atoms with Crippen LogP contribution >= 0.6 is 0 Å². The van der Waals surface area contributed by atoms with Gasteiger partial charge in [0, 0.05) is 22.7 Å². The quantitative estimate of drug-likeness (QED) is 0.101. The average molecular weight is 691 g/mol. The maximum atomic E-state index is 13.4. The monoisotopic (exact) mass is 690 g/mol. The van der Waals surface area contributed by atoms with E-state index >= 15 is 0 Å². The summed E-state index contributed by atoms with van der Waals surface area (Å²) in [6.45, 7) is 11.3. The van der Waals surface area contributed by atoms with Crippen molar-refractivity contribution in [2.24, 2.45) is 0 Å². The van der Waals surface area contributed by atoms with Gasteiger partial charge in [-0.15, -0.1) is 0 Å². The molecule has 0 spiro atoms. The van der Waals surface area contributed by atoms with Crippen LogP contribution in [0.1, 0.15) is 90.6 Å². The number of para-hydroxylation sites is 2. The van der Waals surface area contributed by atoms with Gasteiger partial charge in [-0.05, 0) is 96.0 Å². The second-order valence-electron chi connectivity index (χ2n) is 13.4. The van der Waals surface area contributed by atoms with Crippen molar-refractivity contribution in [3.05, 3.63) is 146 Å². The number of nitrogens with one attached hydrogen (secondary N) is 2. The molecule has 0 atom stereocenters. The standard InChI is InChI=1S/C40H38N2O7S/c1-21-11-9-12-22(2)36(21)41-28-19-17-26-31(25-15-7-8-16-30(25)50(47,48)49)27-18-20-29(42-37-23(3)13-10-14-24(37)4)33(39(45)46)35(27)40(5,6)34(26)32(28)38(43)44/h7-20,31,41-42H,1-6H3,(H,43,44)(H,45,46)(H,47,48,49). The summed E-state index contributed by atoms with van der Waals surface area (Å²) in [4.78, 5) is 26.5.